The third-order valence-corrected chi connectivity index (χ3v) is 2.57. The number of hydrogen-bond donors (Lipinski definition) is 2. The van der Waals surface area contributed by atoms with Gasteiger partial charge in [-0.25, -0.2) is 0 Å². The summed E-state index contributed by atoms with van der Waals surface area (Å²) in [5.74, 6) is 0.705. The van der Waals surface area contributed by atoms with E-state index in [4.69, 9.17) is 9.84 Å². The number of nitrogens with one attached hydrogen (secondary N) is 1. The van der Waals surface area contributed by atoms with Gasteiger partial charge in [-0.1, -0.05) is 0 Å². The smallest absolute Gasteiger partial charge is 0.0507 e. The van der Waals surface area contributed by atoms with Crippen LogP contribution in [0, 0.1) is 5.92 Å². The highest BCUT2D eigenvalue weighted by Crippen LogP contribution is 2.11. The molecule has 2 atom stereocenters. The van der Waals surface area contributed by atoms with E-state index in [1.54, 1.807) is 0 Å². The molecule has 0 aromatic heterocycles. The largest absolute Gasteiger partial charge is 0.396 e. The van der Waals surface area contributed by atoms with E-state index >= 15 is 0 Å². The normalized spacial score (nSPS) is 24.9. The van der Waals surface area contributed by atoms with Gasteiger partial charge in [0.1, 0.15) is 0 Å². The zero-order valence-electron chi connectivity index (χ0n) is 8.46. The molecule has 1 heterocycles. The Morgan fingerprint density at radius 3 is 3.08 bits per heavy atom. The van der Waals surface area contributed by atoms with Gasteiger partial charge in [-0.3, -0.25) is 0 Å². The Kier molecular flexibility index (Phi) is 5.35. The maximum atomic E-state index is 8.65. The van der Waals surface area contributed by atoms with Crippen molar-refractivity contribution in [3.8, 4) is 0 Å². The highest BCUT2D eigenvalue weighted by molar-refractivity contribution is 4.69. The molecular formula is C10H21NO2. The van der Waals surface area contributed by atoms with E-state index in [1.165, 1.54) is 6.42 Å². The molecule has 1 saturated heterocycles. The second-order valence-corrected chi connectivity index (χ2v) is 3.90. The lowest BCUT2D eigenvalue weighted by molar-refractivity contribution is 0.184. The van der Waals surface area contributed by atoms with Crippen molar-refractivity contribution in [2.24, 2.45) is 5.92 Å². The summed E-state index contributed by atoms with van der Waals surface area (Å²) in [5, 5.41) is 12.1. The first-order valence-corrected chi connectivity index (χ1v) is 5.25. The van der Waals surface area contributed by atoms with Gasteiger partial charge in [-0.15, -0.1) is 0 Å². The van der Waals surface area contributed by atoms with Gasteiger partial charge in [-0.05, 0) is 32.1 Å². The summed E-state index contributed by atoms with van der Waals surface area (Å²) in [6.45, 7) is 5.38. The Hall–Kier alpha value is -0.120. The third kappa shape index (κ3) is 4.60. The quantitative estimate of drug-likeness (QED) is 0.645. The molecule has 13 heavy (non-hydrogen) atoms. The minimum Gasteiger partial charge on any atom is -0.396 e. The van der Waals surface area contributed by atoms with Crippen LogP contribution in [0.4, 0.5) is 0 Å². The molecule has 1 aliphatic rings. The van der Waals surface area contributed by atoms with Crippen LogP contribution in [-0.4, -0.2) is 37.5 Å². The van der Waals surface area contributed by atoms with Crippen molar-refractivity contribution in [2.45, 2.75) is 32.2 Å². The zero-order chi connectivity index (χ0) is 9.52. The van der Waals surface area contributed by atoms with Crippen LogP contribution in [0.1, 0.15) is 26.2 Å². The van der Waals surface area contributed by atoms with Crippen molar-refractivity contribution in [1.29, 1.82) is 0 Å². The molecule has 0 aromatic carbocycles. The van der Waals surface area contributed by atoms with Gasteiger partial charge in [0.15, 0.2) is 0 Å². The molecule has 3 heteroatoms. The van der Waals surface area contributed by atoms with Gasteiger partial charge in [0.25, 0.3) is 0 Å². The van der Waals surface area contributed by atoms with Gasteiger partial charge >= 0.3 is 0 Å². The van der Waals surface area contributed by atoms with E-state index in [0.717, 1.165) is 32.6 Å². The maximum Gasteiger partial charge on any atom is 0.0507 e. The topological polar surface area (TPSA) is 41.5 Å². The Morgan fingerprint density at radius 1 is 1.62 bits per heavy atom. The van der Waals surface area contributed by atoms with E-state index in [2.05, 4.69) is 12.2 Å². The summed E-state index contributed by atoms with van der Waals surface area (Å²) in [6.07, 6.45) is 3.15. The molecule has 78 valence electrons. The number of hydrogen-bond acceptors (Lipinski definition) is 3. The minimum absolute atomic E-state index is 0.304. The predicted octanol–water partition coefficient (Wildman–Crippen LogP) is 0.774. The molecular weight excluding hydrogens is 166 g/mol. The van der Waals surface area contributed by atoms with E-state index in [0.29, 0.717) is 18.6 Å². The van der Waals surface area contributed by atoms with Gasteiger partial charge in [-0.2, -0.15) is 0 Å². The second-order valence-electron chi connectivity index (χ2n) is 3.90. The predicted molar refractivity (Wildman–Crippen MR) is 52.7 cm³/mol. The van der Waals surface area contributed by atoms with Crippen molar-refractivity contribution in [3.63, 3.8) is 0 Å². The molecule has 0 bridgehead atoms. The van der Waals surface area contributed by atoms with Crippen molar-refractivity contribution in [2.75, 3.05) is 26.4 Å². The molecule has 2 N–H and O–H groups in total. The molecule has 3 nitrogen and oxygen atoms in total. The Labute approximate surface area is 80.5 Å². The Morgan fingerprint density at radius 2 is 2.46 bits per heavy atom. The molecule has 0 amide bonds. The van der Waals surface area contributed by atoms with Crippen LogP contribution in [-0.2, 0) is 4.74 Å². The summed E-state index contributed by atoms with van der Waals surface area (Å²) >= 11 is 0. The lowest BCUT2D eigenvalue weighted by Crippen LogP contribution is -2.31. The summed E-state index contributed by atoms with van der Waals surface area (Å²) < 4.78 is 5.29. The molecule has 0 aromatic rings. The van der Waals surface area contributed by atoms with Crippen LogP contribution < -0.4 is 5.32 Å². The van der Waals surface area contributed by atoms with Crippen LogP contribution in [0.5, 0.6) is 0 Å². The molecule has 1 rings (SSSR count). The first-order chi connectivity index (χ1) is 6.33. The van der Waals surface area contributed by atoms with Gasteiger partial charge in [0.2, 0.25) is 0 Å². The van der Waals surface area contributed by atoms with Crippen molar-refractivity contribution >= 4 is 0 Å². The standard InChI is InChI=1S/C10H21NO2/c1-9(3-2-5-12)11-7-10-4-6-13-8-10/h9-12H,2-8H2,1H3. The number of aliphatic hydroxyl groups excluding tert-OH is 1. The fourth-order valence-electron chi connectivity index (χ4n) is 1.61. The van der Waals surface area contributed by atoms with Crippen LogP contribution in [0.3, 0.4) is 0 Å². The van der Waals surface area contributed by atoms with Gasteiger partial charge in [0, 0.05) is 25.8 Å². The fraction of sp³-hybridized carbons (Fsp3) is 1.00. The highest BCUT2D eigenvalue weighted by Gasteiger charge is 2.15. The van der Waals surface area contributed by atoms with Crippen LogP contribution in [0.2, 0.25) is 0 Å². The van der Waals surface area contributed by atoms with Crippen molar-refractivity contribution < 1.29 is 9.84 Å². The Bertz CT molecular complexity index is 124. The van der Waals surface area contributed by atoms with Crippen LogP contribution >= 0.6 is 0 Å². The number of aliphatic hydroxyl groups is 1. The van der Waals surface area contributed by atoms with Gasteiger partial charge in [0.05, 0.1) is 6.61 Å². The highest BCUT2D eigenvalue weighted by atomic mass is 16.5. The summed E-state index contributed by atoms with van der Waals surface area (Å²) in [4.78, 5) is 0. The average Bonchev–Trinajstić information content (AvgIpc) is 2.64. The first-order valence-electron chi connectivity index (χ1n) is 5.25. The summed E-state index contributed by atoms with van der Waals surface area (Å²) in [6, 6.07) is 0.521. The molecule has 0 radical (unpaired) electrons. The molecule has 2 unspecified atom stereocenters. The van der Waals surface area contributed by atoms with Crippen LogP contribution in [0.25, 0.3) is 0 Å². The first kappa shape index (κ1) is 11.0. The fourth-order valence-corrected chi connectivity index (χ4v) is 1.61. The minimum atomic E-state index is 0.304. The van der Waals surface area contributed by atoms with Crippen molar-refractivity contribution in [3.05, 3.63) is 0 Å². The van der Waals surface area contributed by atoms with E-state index in [1.807, 2.05) is 0 Å². The summed E-state index contributed by atoms with van der Waals surface area (Å²) in [5.41, 5.74) is 0. The summed E-state index contributed by atoms with van der Waals surface area (Å²) in [7, 11) is 0. The molecule has 0 saturated carbocycles. The van der Waals surface area contributed by atoms with Crippen molar-refractivity contribution in [1.82, 2.24) is 5.32 Å². The molecule has 1 fully saturated rings. The zero-order valence-corrected chi connectivity index (χ0v) is 8.46. The maximum absolute atomic E-state index is 8.65. The average molecular weight is 187 g/mol. The van der Waals surface area contributed by atoms with E-state index < -0.39 is 0 Å². The monoisotopic (exact) mass is 187 g/mol. The number of ether oxygens (including phenoxy) is 1. The van der Waals surface area contributed by atoms with E-state index in [-0.39, 0.29) is 0 Å². The van der Waals surface area contributed by atoms with Crippen LogP contribution in [0.15, 0.2) is 0 Å². The second kappa shape index (κ2) is 6.35. The van der Waals surface area contributed by atoms with Gasteiger partial charge < -0.3 is 15.2 Å². The molecule has 0 aliphatic carbocycles. The number of rotatable bonds is 6. The SMILES string of the molecule is CC(CCCO)NCC1CCOC1. The van der Waals surface area contributed by atoms with E-state index in [9.17, 15) is 0 Å². The third-order valence-electron chi connectivity index (χ3n) is 2.57. The lowest BCUT2D eigenvalue weighted by Gasteiger charge is -2.15. The molecule has 0 spiro atoms. The lowest BCUT2D eigenvalue weighted by atomic mass is 10.1. The Balaban J connectivity index is 1.97. The molecule has 1 aliphatic heterocycles.